The van der Waals surface area contributed by atoms with Gasteiger partial charge in [-0.3, -0.25) is 24.1 Å². The molecule has 2 heterocycles. The molecule has 314 valence electrons. The van der Waals surface area contributed by atoms with Gasteiger partial charge in [-0.05, 0) is 97.7 Å². The molecule has 0 atom stereocenters. The number of rotatable bonds is 20. The van der Waals surface area contributed by atoms with Gasteiger partial charge in [0.2, 0.25) is 5.91 Å². The maximum Gasteiger partial charge on any atom is 0.337 e. The maximum atomic E-state index is 13.9. The molecule has 0 unspecified atom stereocenters. The Bertz CT molecular complexity index is 2060. The number of ether oxygens (including phenoxy) is 3. The number of hydrogen-bond donors (Lipinski definition) is 2. The zero-order valence-corrected chi connectivity index (χ0v) is 35.6. The summed E-state index contributed by atoms with van der Waals surface area (Å²) in [5.74, 6) is -1.45. The monoisotopic (exact) mass is 824 g/mol. The van der Waals surface area contributed by atoms with Crippen molar-refractivity contribution in [2.75, 3.05) is 51.1 Å². The van der Waals surface area contributed by atoms with Gasteiger partial charge in [0.1, 0.15) is 5.00 Å². The molecule has 13 heteroatoms. The molecule has 1 aliphatic rings. The van der Waals surface area contributed by atoms with Gasteiger partial charge >= 0.3 is 11.9 Å². The number of carbonyl (C=O) groups excluding carboxylic acids is 5. The van der Waals surface area contributed by atoms with Gasteiger partial charge in [-0.25, -0.2) is 4.79 Å². The van der Waals surface area contributed by atoms with Crippen LogP contribution in [-0.4, -0.2) is 86.0 Å². The second-order valence-electron chi connectivity index (χ2n) is 14.6. The molecular weight excluding hydrogens is 769 g/mol. The van der Waals surface area contributed by atoms with E-state index >= 15 is 0 Å². The third-order valence-corrected chi connectivity index (χ3v) is 11.7. The summed E-state index contributed by atoms with van der Waals surface area (Å²) in [7, 11) is 3.12. The molecule has 0 spiro atoms. The Morgan fingerprint density at radius 2 is 1.51 bits per heavy atom. The number of methoxy groups -OCH3 is 1. The molecule has 0 saturated carbocycles. The molecule has 0 aliphatic carbocycles. The van der Waals surface area contributed by atoms with Gasteiger partial charge in [-0.2, -0.15) is 0 Å². The number of amides is 3. The fourth-order valence-electron chi connectivity index (χ4n) is 7.18. The van der Waals surface area contributed by atoms with E-state index in [9.17, 15) is 24.0 Å². The summed E-state index contributed by atoms with van der Waals surface area (Å²) in [5, 5.41) is 6.59. The minimum absolute atomic E-state index is 0.0601. The van der Waals surface area contributed by atoms with Crippen LogP contribution in [0, 0.1) is 0 Å². The lowest BCUT2D eigenvalue weighted by atomic mass is 10.0. The number of hydrogen-bond acceptors (Lipinski definition) is 10. The van der Waals surface area contributed by atoms with Crippen molar-refractivity contribution in [2.24, 2.45) is 0 Å². The SMILES string of the molecule is CCOC(=O)CCC(=O)N(C)CCN(Cc1cccc(C(=O)Nc2sc3c(c2C(=O)Nc2ccc(CCc4ccc(C(=O)OC)cc4)cc2)CCOC3)c1)C(CC)CC. The van der Waals surface area contributed by atoms with Crippen molar-refractivity contribution in [3.63, 3.8) is 0 Å². The summed E-state index contributed by atoms with van der Waals surface area (Å²) in [5.41, 5.74) is 6.15. The Kier molecular flexibility index (Phi) is 16.8. The largest absolute Gasteiger partial charge is 0.466 e. The molecule has 3 aromatic carbocycles. The molecule has 0 bridgehead atoms. The van der Waals surface area contributed by atoms with Crippen LogP contribution in [0.4, 0.5) is 10.7 Å². The predicted octanol–water partition coefficient (Wildman–Crippen LogP) is 7.69. The van der Waals surface area contributed by atoms with Crippen LogP contribution in [0.1, 0.15) is 105 Å². The van der Waals surface area contributed by atoms with Crippen LogP contribution in [0.2, 0.25) is 0 Å². The number of benzene rings is 3. The van der Waals surface area contributed by atoms with Gasteiger partial charge in [0.05, 0.1) is 44.5 Å². The molecule has 1 aliphatic heterocycles. The molecule has 3 amide bonds. The van der Waals surface area contributed by atoms with Crippen LogP contribution in [0.3, 0.4) is 0 Å². The van der Waals surface area contributed by atoms with Crippen molar-refractivity contribution in [1.82, 2.24) is 9.80 Å². The van der Waals surface area contributed by atoms with E-state index in [1.54, 1.807) is 37.1 Å². The summed E-state index contributed by atoms with van der Waals surface area (Å²) < 4.78 is 15.5. The summed E-state index contributed by atoms with van der Waals surface area (Å²) >= 11 is 1.37. The van der Waals surface area contributed by atoms with Gasteiger partial charge in [0, 0.05) is 55.3 Å². The average molecular weight is 825 g/mol. The summed E-state index contributed by atoms with van der Waals surface area (Å²) in [6.07, 6.45) is 4.16. The first-order valence-electron chi connectivity index (χ1n) is 20.4. The van der Waals surface area contributed by atoms with Crippen LogP contribution < -0.4 is 10.6 Å². The Labute approximate surface area is 351 Å². The number of nitrogens with zero attached hydrogens (tertiary/aromatic N) is 2. The molecule has 12 nitrogen and oxygen atoms in total. The van der Waals surface area contributed by atoms with Crippen molar-refractivity contribution in [3.8, 4) is 0 Å². The van der Waals surface area contributed by atoms with E-state index in [0.717, 1.165) is 52.8 Å². The van der Waals surface area contributed by atoms with Crippen LogP contribution in [0.25, 0.3) is 0 Å². The van der Waals surface area contributed by atoms with Gasteiger partial charge < -0.3 is 29.7 Å². The number of esters is 2. The highest BCUT2D eigenvalue weighted by Gasteiger charge is 2.27. The number of aryl methyl sites for hydroxylation is 2. The number of carbonyl (C=O) groups is 5. The zero-order chi connectivity index (χ0) is 42.3. The van der Waals surface area contributed by atoms with Gasteiger partial charge in [0.15, 0.2) is 0 Å². The fraction of sp³-hybridized carbons (Fsp3) is 0.413. The highest BCUT2D eigenvalue weighted by Crippen LogP contribution is 2.37. The lowest BCUT2D eigenvalue weighted by Crippen LogP contribution is -2.41. The quantitative estimate of drug-likeness (QED) is 0.0858. The zero-order valence-electron chi connectivity index (χ0n) is 34.8. The lowest BCUT2D eigenvalue weighted by molar-refractivity contribution is -0.145. The molecule has 0 saturated heterocycles. The molecular formula is C46H56N4O8S. The van der Waals surface area contributed by atoms with Crippen molar-refractivity contribution in [1.29, 1.82) is 0 Å². The molecule has 4 aromatic rings. The normalized spacial score (nSPS) is 12.2. The van der Waals surface area contributed by atoms with E-state index in [-0.39, 0.29) is 55.2 Å². The first-order valence-corrected chi connectivity index (χ1v) is 21.2. The second kappa shape index (κ2) is 22.1. The Morgan fingerprint density at radius 1 is 0.814 bits per heavy atom. The van der Waals surface area contributed by atoms with E-state index in [2.05, 4.69) is 29.4 Å². The van der Waals surface area contributed by atoms with Crippen molar-refractivity contribution in [3.05, 3.63) is 117 Å². The predicted molar refractivity (Wildman–Crippen MR) is 230 cm³/mol. The Balaban J connectivity index is 1.23. The van der Waals surface area contributed by atoms with E-state index < -0.39 is 0 Å². The Hall–Kier alpha value is -5.37. The minimum atomic E-state index is -0.374. The smallest absolute Gasteiger partial charge is 0.337 e. The molecule has 0 fully saturated rings. The van der Waals surface area contributed by atoms with E-state index in [4.69, 9.17) is 14.2 Å². The van der Waals surface area contributed by atoms with Crippen molar-refractivity contribution < 1.29 is 38.2 Å². The van der Waals surface area contributed by atoms with Crippen LogP contribution in [0.15, 0.2) is 72.8 Å². The van der Waals surface area contributed by atoms with E-state index in [1.165, 1.54) is 18.4 Å². The standard InChI is InChI=1S/C46H56N4O8S/c1-6-37(7-2)50(26-25-49(4)40(51)22-23-41(52)58-8-3)29-33-10-9-11-35(28-33)43(53)48-45-42(38-24-27-57-30-39(38)59-45)44(54)47-36-20-16-32(17-21-36)13-12-31-14-18-34(19-15-31)46(55)56-5/h9-11,14-21,28,37H,6-8,12-13,22-27,29-30H2,1-5H3,(H,47,54)(H,48,53). The minimum Gasteiger partial charge on any atom is -0.466 e. The third kappa shape index (κ3) is 12.6. The molecule has 1 aromatic heterocycles. The number of nitrogens with one attached hydrogen (secondary N) is 2. The molecule has 5 rings (SSSR count). The van der Waals surface area contributed by atoms with Crippen molar-refractivity contribution >= 4 is 51.7 Å². The fourth-order valence-corrected chi connectivity index (χ4v) is 8.35. The third-order valence-electron chi connectivity index (χ3n) is 10.6. The summed E-state index contributed by atoms with van der Waals surface area (Å²) in [4.78, 5) is 69.0. The second-order valence-corrected chi connectivity index (χ2v) is 15.7. The number of thiophene rings is 1. The number of fused-ring (bicyclic) bond motifs is 1. The van der Waals surface area contributed by atoms with Crippen molar-refractivity contribution in [2.45, 2.75) is 84.9 Å². The van der Waals surface area contributed by atoms with Gasteiger partial charge in [-0.15, -0.1) is 11.3 Å². The first-order chi connectivity index (χ1) is 28.5. The van der Waals surface area contributed by atoms with E-state index in [1.807, 2.05) is 54.6 Å². The highest BCUT2D eigenvalue weighted by molar-refractivity contribution is 7.17. The summed E-state index contributed by atoms with van der Waals surface area (Å²) in [6.45, 7) is 8.90. The van der Waals surface area contributed by atoms with Gasteiger partial charge in [0.25, 0.3) is 11.8 Å². The van der Waals surface area contributed by atoms with E-state index in [0.29, 0.717) is 66.6 Å². The number of anilines is 2. The molecule has 59 heavy (non-hydrogen) atoms. The van der Waals surface area contributed by atoms with Crippen LogP contribution in [-0.2, 0) is 56.2 Å². The first kappa shape index (κ1) is 44.7. The topological polar surface area (TPSA) is 144 Å². The average Bonchev–Trinajstić information content (AvgIpc) is 3.62. The molecule has 2 N–H and O–H groups in total. The van der Waals surface area contributed by atoms with Crippen LogP contribution in [0.5, 0.6) is 0 Å². The van der Waals surface area contributed by atoms with Gasteiger partial charge in [-0.1, -0.05) is 50.2 Å². The summed E-state index contributed by atoms with van der Waals surface area (Å²) in [6, 6.07) is 22.9. The highest BCUT2D eigenvalue weighted by atomic mass is 32.1. The Morgan fingerprint density at radius 3 is 2.17 bits per heavy atom. The van der Waals surface area contributed by atoms with Crippen LogP contribution >= 0.6 is 11.3 Å². The number of likely N-dealkylation sites (N-methyl/N-ethyl adjacent to an activating group) is 1. The lowest BCUT2D eigenvalue weighted by Gasteiger charge is -2.32. The molecule has 0 radical (unpaired) electrons. The maximum absolute atomic E-state index is 13.9.